The van der Waals surface area contributed by atoms with Crippen LogP contribution in [0.4, 0.5) is 4.39 Å². The van der Waals surface area contributed by atoms with Gasteiger partial charge in [-0.15, -0.1) is 11.3 Å². The number of hydrogen-bond acceptors (Lipinski definition) is 4. The summed E-state index contributed by atoms with van der Waals surface area (Å²) in [5, 5.41) is 4.02. The molecule has 0 saturated heterocycles. The molecule has 2 aromatic rings. The van der Waals surface area contributed by atoms with Crippen molar-refractivity contribution >= 4 is 11.3 Å². The number of methoxy groups -OCH3 is 1. The molecular formula is C15H19FN2OS. The lowest BCUT2D eigenvalue weighted by molar-refractivity contribution is 0.413. The first-order valence-corrected chi connectivity index (χ1v) is 7.37. The maximum atomic E-state index is 14.0. The van der Waals surface area contributed by atoms with Gasteiger partial charge in [0.15, 0.2) is 0 Å². The summed E-state index contributed by atoms with van der Waals surface area (Å²) in [6.07, 6.45) is 0. The quantitative estimate of drug-likeness (QED) is 0.911. The highest BCUT2D eigenvalue weighted by atomic mass is 32.1. The van der Waals surface area contributed by atoms with E-state index in [9.17, 15) is 4.39 Å². The highest BCUT2D eigenvalue weighted by Crippen LogP contribution is 2.36. The summed E-state index contributed by atoms with van der Waals surface area (Å²) in [5.41, 5.74) is 1.38. The largest absolute Gasteiger partial charge is 0.496 e. The minimum absolute atomic E-state index is 0.304. The predicted molar refractivity (Wildman–Crippen MR) is 80.8 cm³/mol. The minimum Gasteiger partial charge on any atom is -0.496 e. The van der Waals surface area contributed by atoms with Crippen LogP contribution in [0.15, 0.2) is 18.2 Å². The first-order valence-electron chi connectivity index (χ1n) is 6.55. The molecule has 0 atom stereocenters. The standard InChI is InChI=1S/C15H19FN2OS/c1-9(2)17-8-13-10(3)18-15(20-13)14-11(16)6-5-7-12(14)19-4/h5-7,9,17H,8H2,1-4H3. The summed E-state index contributed by atoms with van der Waals surface area (Å²) in [7, 11) is 1.54. The lowest BCUT2D eigenvalue weighted by Gasteiger charge is -2.07. The molecule has 1 aromatic carbocycles. The SMILES string of the molecule is COc1cccc(F)c1-c1nc(C)c(CNC(C)C)s1. The van der Waals surface area contributed by atoms with E-state index in [0.717, 1.165) is 17.1 Å². The summed E-state index contributed by atoms with van der Waals surface area (Å²) >= 11 is 1.50. The Morgan fingerprint density at radius 2 is 2.15 bits per heavy atom. The molecule has 5 heteroatoms. The number of benzene rings is 1. The first-order chi connectivity index (χ1) is 9.52. The molecule has 0 aliphatic heterocycles. The lowest BCUT2D eigenvalue weighted by atomic mass is 10.2. The molecule has 1 N–H and O–H groups in total. The summed E-state index contributed by atoms with van der Waals surface area (Å²) < 4.78 is 19.3. The summed E-state index contributed by atoms with van der Waals surface area (Å²) in [5.74, 6) is 0.212. The van der Waals surface area contributed by atoms with Crippen LogP contribution in [0.5, 0.6) is 5.75 Å². The van der Waals surface area contributed by atoms with E-state index in [2.05, 4.69) is 24.1 Å². The highest BCUT2D eigenvalue weighted by Gasteiger charge is 2.17. The van der Waals surface area contributed by atoms with Crippen LogP contribution in [0.1, 0.15) is 24.4 Å². The second-order valence-corrected chi connectivity index (χ2v) is 5.96. The zero-order chi connectivity index (χ0) is 14.7. The molecule has 0 spiro atoms. The van der Waals surface area contributed by atoms with Gasteiger partial charge >= 0.3 is 0 Å². The average Bonchev–Trinajstić information content (AvgIpc) is 2.76. The van der Waals surface area contributed by atoms with Crippen molar-refractivity contribution in [3.63, 3.8) is 0 Å². The van der Waals surface area contributed by atoms with Crippen LogP contribution in [0.25, 0.3) is 10.6 Å². The van der Waals surface area contributed by atoms with E-state index in [-0.39, 0.29) is 5.82 Å². The number of rotatable bonds is 5. The van der Waals surface area contributed by atoms with Gasteiger partial charge in [0, 0.05) is 17.5 Å². The number of hydrogen-bond donors (Lipinski definition) is 1. The van der Waals surface area contributed by atoms with E-state index in [4.69, 9.17) is 4.74 Å². The molecule has 0 amide bonds. The van der Waals surface area contributed by atoms with E-state index in [1.165, 1.54) is 17.4 Å². The van der Waals surface area contributed by atoms with Crippen LogP contribution >= 0.6 is 11.3 Å². The van der Waals surface area contributed by atoms with Crippen molar-refractivity contribution in [1.29, 1.82) is 0 Å². The first kappa shape index (κ1) is 14.9. The fourth-order valence-corrected chi connectivity index (χ4v) is 2.94. The third-order valence-electron chi connectivity index (χ3n) is 2.97. The number of thiazole rings is 1. The minimum atomic E-state index is -0.304. The van der Waals surface area contributed by atoms with Crippen molar-refractivity contribution in [1.82, 2.24) is 10.3 Å². The van der Waals surface area contributed by atoms with Gasteiger partial charge in [0.1, 0.15) is 16.6 Å². The monoisotopic (exact) mass is 294 g/mol. The van der Waals surface area contributed by atoms with Crippen molar-refractivity contribution in [3.8, 4) is 16.3 Å². The van der Waals surface area contributed by atoms with E-state index in [1.54, 1.807) is 19.2 Å². The van der Waals surface area contributed by atoms with Crippen molar-refractivity contribution < 1.29 is 9.13 Å². The van der Waals surface area contributed by atoms with E-state index < -0.39 is 0 Å². The van der Waals surface area contributed by atoms with Gasteiger partial charge in [-0.25, -0.2) is 9.37 Å². The zero-order valence-corrected chi connectivity index (χ0v) is 13.0. The molecule has 0 saturated carbocycles. The van der Waals surface area contributed by atoms with Crippen LogP contribution in [-0.2, 0) is 6.54 Å². The van der Waals surface area contributed by atoms with Crippen LogP contribution in [-0.4, -0.2) is 18.1 Å². The lowest BCUT2D eigenvalue weighted by Crippen LogP contribution is -2.21. The van der Waals surface area contributed by atoms with Gasteiger partial charge in [0.2, 0.25) is 0 Å². The Bertz CT molecular complexity index is 596. The van der Waals surface area contributed by atoms with Gasteiger partial charge in [-0.3, -0.25) is 0 Å². The van der Waals surface area contributed by atoms with Crippen molar-refractivity contribution in [2.24, 2.45) is 0 Å². The molecule has 0 fully saturated rings. The van der Waals surface area contributed by atoms with Crippen LogP contribution in [0, 0.1) is 12.7 Å². The Hall–Kier alpha value is -1.46. The molecule has 0 aliphatic carbocycles. The van der Waals surface area contributed by atoms with Gasteiger partial charge in [-0.1, -0.05) is 19.9 Å². The van der Waals surface area contributed by atoms with Crippen LogP contribution in [0.2, 0.25) is 0 Å². The van der Waals surface area contributed by atoms with Gasteiger partial charge in [0.05, 0.1) is 18.4 Å². The fourth-order valence-electron chi connectivity index (χ4n) is 1.88. The number of nitrogens with one attached hydrogen (secondary N) is 1. The number of aromatic nitrogens is 1. The number of ether oxygens (including phenoxy) is 1. The molecule has 0 radical (unpaired) electrons. The molecule has 2 rings (SSSR count). The predicted octanol–water partition coefficient (Wildman–Crippen LogP) is 3.76. The van der Waals surface area contributed by atoms with E-state index in [1.807, 2.05) is 6.92 Å². The highest BCUT2D eigenvalue weighted by molar-refractivity contribution is 7.15. The van der Waals surface area contributed by atoms with E-state index in [0.29, 0.717) is 22.4 Å². The third-order valence-corrected chi connectivity index (χ3v) is 4.15. The summed E-state index contributed by atoms with van der Waals surface area (Å²) in [6.45, 7) is 6.89. The molecule has 108 valence electrons. The maximum Gasteiger partial charge on any atom is 0.137 e. The van der Waals surface area contributed by atoms with Gasteiger partial charge < -0.3 is 10.1 Å². The Balaban J connectivity index is 2.37. The Labute approximate surface area is 122 Å². The number of halogens is 1. The summed E-state index contributed by atoms with van der Waals surface area (Å²) in [4.78, 5) is 5.61. The zero-order valence-electron chi connectivity index (χ0n) is 12.2. The fraction of sp³-hybridized carbons (Fsp3) is 0.400. The second kappa shape index (κ2) is 6.33. The molecule has 3 nitrogen and oxygen atoms in total. The summed E-state index contributed by atoms with van der Waals surface area (Å²) in [6, 6.07) is 5.23. The third kappa shape index (κ3) is 3.16. The molecule has 20 heavy (non-hydrogen) atoms. The molecule has 0 bridgehead atoms. The van der Waals surface area contributed by atoms with Gasteiger partial charge in [0.25, 0.3) is 0 Å². The van der Waals surface area contributed by atoms with Crippen molar-refractivity contribution in [2.45, 2.75) is 33.4 Å². The molecule has 1 aromatic heterocycles. The molecular weight excluding hydrogens is 275 g/mol. The van der Waals surface area contributed by atoms with Gasteiger partial charge in [-0.05, 0) is 19.1 Å². The Morgan fingerprint density at radius 1 is 1.40 bits per heavy atom. The second-order valence-electron chi connectivity index (χ2n) is 4.88. The molecule has 0 aliphatic rings. The van der Waals surface area contributed by atoms with Gasteiger partial charge in [-0.2, -0.15) is 0 Å². The number of nitrogens with zero attached hydrogens (tertiary/aromatic N) is 1. The molecule has 0 unspecified atom stereocenters. The maximum absolute atomic E-state index is 14.0. The topological polar surface area (TPSA) is 34.1 Å². The number of aryl methyl sites for hydroxylation is 1. The van der Waals surface area contributed by atoms with Crippen molar-refractivity contribution in [2.75, 3.05) is 7.11 Å². The Morgan fingerprint density at radius 3 is 2.80 bits per heavy atom. The van der Waals surface area contributed by atoms with Crippen LogP contribution < -0.4 is 10.1 Å². The smallest absolute Gasteiger partial charge is 0.137 e. The normalized spacial score (nSPS) is 11.1. The van der Waals surface area contributed by atoms with E-state index >= 15 is 0 Å². The Kier molecular flexibility index (Phi) is 4.73. The molecule has 1 heterocycles. The van der Waals surface area contributed by atoms with Crippen molar-refractivity contribution in [3.05, 3.63) is 34.6 Å². The van der Waals surface area contributed by atoms with Crippen LogP contribution in [0.3, 0.4) is 0 Å². The average molecular weight is 294 g/mol.